The van der Waals surface area contributed by atoms with E-state index in [4.69, 9.17) is 17.3 Å². The van der Waals surface area contributed by atoms with Crippen molar-refractivity contribution in [2.24, 2.45) is 0 Å². The van der Waals surface area contributed by atoms with Gasteiger partial charge in [-0.05, 0) is 80.6 Å². The van der Waals surface area contributed by atoms with Crippen LogP contribution < -0.4 is 16.4 Å². The van der Waals surface area contributed by atoms with Crippen molar-refractivity contribution in [3.63, 3.8) is 0 Å². The highest BCUT2D eigenvalue weighted by Gasteiger charge is 2.15. The number of rotatable bonds is 10. The maximum atomic E-state index is 14.1. The van der Waals surface area contributed by atoms with Crippen molar-refractivity contribution in [2.45, 2.75) is 46.0 Å². The van der Waals surface area contributed by atoms with Gasteiger partial charge in [-0.2, -0.15) is 0 Å². The fraction of sp³-hybridized carbons (Fsp3) is 0.226. The Hall–Kier alpha value is -3.79. The Morgan fingerprint density at radius 2 is 1.89 bits per heavy atom. The Labute approximate surface area is 223 Å². The lowest BCUT2D eigenvalue weighted by molar-refractivity contribution is 0.0974. The monoisotopic (exact) mass is 517 g/mol. The second kappa shape index (κ2) is 13.0. The van der Waals surface area contributed by atoms with Crippen LogP contribution in [0, 0.1) is 5.82 Å². The molecule has 0 fully saturated rings. The molecule has 0 aliphatic rings. The van der Waals surface area contributed by atoms with E-state index in [0.29, 0.717) is 34.1 Å². The Morgan fingerprint density at radius 1 is 1.16 bits per heavy atom. The van der Waals surface area contributed by atoms with E-state index >= 15 is 0 Å². The first-order valence-electron chi connectivity index (χ1n) is 12.3. The molecular formula is C31H33ClFN3O. The number of allylic oxidation sites excluding steroid dienone is 2. The second-order valence-corrected chi connectivity index (χ2v) is 9.56. The van der Waals surface area contributed by atoms with Gasteiger partial charge in [0.15, 0.2) is 0 Å². The summed E-state index contributed by atoms with van der Waals surface area (Å²) < 4.78 is 14.1. The summed E-state index contributed by atoms with van der Waals surface area (Å²) >= 11 is 6.10. The number of carbonyl (C=O) groups is 1. The van der Waals surface area contributed by atoms with Gasteiger partial charge in [0.25, 0.3) is 5.91 Å². The Bertz CT molecular complexity index is 1320. The SMILES string of the molecule is C=C=C(NC(=O)c1ccc(C(CC=C(C)C)CCC)cc1)c1ccc(Nc2c(F)cccc2Cl)cc1N. The molecule has 0 saturated carbocycles. The minimum absolute atomic E-state index is 0.162. The Balaban J connectivity index is 1.74. The van der Waals surface area contributed by atoms with Crippen molar-refractivity contribution in [1.29, 1.82) is 0 Å². The zero-order chi connectivity index (χ0) is 26.9. The minimum Gasteiger partial charge on any atom is -0.398 e. The van der Waals surface area contributed by atoms with E-state index in [-0.39, 0.29) is 16.6 Å². The van der Waals surface area contributed by atoms with Gasteiger partial charge in [0.05, 0.1) is 16.4 Å². The lowest BCUT2D eigenvalue weighted by Gasteiger charge is -2.16. The number of anilines is 3. The van der Waals surface area contributed by atoms with Crippen molar-refractivity contribution in [3.05, 3.63) is 112 Å². The van der Waals surface area contributed by atoms with Gasteiger partial charge in [-0.15, -0.1) is 5.73 Å². The maximum absolute atomic E-state index is 14.1. The highest BCUT2D eigenvalue weighted by atomic mass is 35.5. The molecule has 6 heteroatoms. The van der Waals surface area contributed by atoms with Crippen LogP contribution in [0.3, 0.4) is 0 Å². The fourth-order valence-corrected chi connectivity index (χ4v) is 4.29. The fourth-order valence-electron chi connectivity index (χ4n) is 4.08. The van der Waals surface area contributed by atoms with Crippen LogP contribution in [-0.4, -0.2) is 5.91 Å². The topological polar surface area (TPSA) is 67.2 Å². The largest absolute Gasteiger partial charge is 0.398 e. The number of nitrogens with two attached hydrogens (primary N) is 1. The first kappa shape index (κ1) is 27.8. The number of nitrogen functional groups attached to an aromatic ring is 1. The molecule has 37 heavy (non-hydrogen) atoms. The molecule has 0 aromatic heterocycles. The van der Waals surface area contributed by atoms with Crippen LogP contribution in [0.5, 0.6) is 0 Å². The third-order valence-corrected chi connectivity index (χ3v) is 6.38. The molecular weight excluding hydrogens is 485 g/mol. The molecule has 1 atom stereocenters. The van der Waals surface area contributed by atoms with E-state index in [0.717, 1.165) is 19.3 Å². The van der Waals surface area contributed by atoms with Crippen LogP contribution in [-0.2, 0) is 0 Å². The third kappa shape index (κ3) is 7.36. The molecule has 0 saturated heterocycles. The Kier molecular flexibility index (Phi) is 9.73. The van der Waals surface area contributed by atoms with Crippen LogP contribution in [0.4, 0.5) is 21.5 Å². The lowest BCUT2D eigenvalue weighted by Crippen LogP contribution is -2.22. The highest BCUT2D eigenvalue weighted by molar-refractivity contribution is 6.33. The van der Waals surface area contributed by atoms with Crippen molar-refractivity contribution >= 4 is 40.3 Å². The molecule has 4 nitrogen and oxygen atoms in total. The second-order valence-electron chi connectivity index (χ2n) is 9.15. The van der Waals surface area contributed by atoms with Crippen molar-refractivity contribution in [3.8, 4) is 0 Å². The zero-order valence-electron chi connectivity index (χ0n) is 21.5. The average Bonchev–Trinajstić information content (AvgIpc) is 2.87. The Morgan fingerprint density at radius 3 is 2.49 bits per heavy atom. The predicted octanol–water partition coefficient (Wildman–Crippen LogP) is 8.60. The quantitative estimate of drug-likeness (QED) is 0.143. The first-order chi connectivity index (χ1) is 17.7. The normalized spacial score (nSPS) is 11.3. The van der Waals surface area contributed by atoms with Crippen LogP contribution in [0.1, 0.15) is 67.4 Å². The van der Waals surface area contributed by atoms with Crippen LogP contribution in [0.2, 0.25) is 5.02 Å². The molecule has 0 radical (unpaired) electrons. The standard InChI is InChI=1S/C31H33ClFN3O/c1-5-8-21(12-11-20(3)4)22-13-15-23(16-14-22)31(37)36-29(6-2)25-18-17-24(19-28(25)34)35-30-26(32)9-7-10-27(30)33/h7,9-11,13-19,21,35H,2,5,8,12,34H2,1,3-4H3,(H,36,37). The molecule has 192 valence electrons. The first-order valence-corrected chi connectivity index (χ1v) is 12.7. The lowest BCUT2D eigenvalue weighted by atomic mass is 9.90. The van der Waals surface area contributed by atoms with Gasteiger partial charge in [-0.25, -0.2) is 4.39 Å². The van der Waals surface area contributed by atoms with Gasteiger partial charge < -0.3 is 16.4 Å². The molecule has 1 unspecified atom stereocenters. The number of hydrogen-bond acceptors (Lipinski definition) is 3. The van der Waals surface area contributed by atoms with Crippen molar-refractivity contribution in [2.75, 3.05) is 11.1 Å². The summed E-state index contributed by atoms with van der Waals surface area (Å²) in [6.07, 6.45) is 5.43. The van der Waals surface area contributed by atoms with Crippen LogP contribution >= 0.6 is 11.6 Å². The number of amides is 1. The van der Waals surface area contributed by atoms with E-state index in [9.17, 15) is 9.18 Å². The van der Waals surface area contributed by atoms with Gasteiger partial charge >= 0.3 is 0 Å². The number of para-hydroxylation sites is 1. The van der Waals surface area contributed by atoms with E-state index in [1.54, 1.807) is 24.3 Å². The van der Waals surface area contributed by atoms with Crippen molar-refractivity contribution < 1.29 is 9.18 Å². The molecule has 0 spiro atoms. The number of hydrogen-bond donors (Lipinski definition) is 3. The smallest absolute Gasteiger partial charge is 0.256 e. The molecule has 0 aliphatic heterocycles. The number of carbonyl (C=O) groups excluding carboxylic acids is 1. The molecule has 3 aromatic carbocycles. The molecule has 0 heterocycles. The van der Waals surface area contributed by atoms with Gasteiger partial charge in [-0.3, -0.25) is 4.79 Å². The molecule has 0 bridgehead atoms. The molecule has 0 aliphatic carbocycles. The van der Waals surface area contributed by atoms with Gasteiger partial charge in [0.2, 0.25) is 0 Å². The zero-order valence-corrected chi connectivity index (χ0v) is 22.3. The third-order valence-electron chi connectivity index (χ3n) is 6.06. The molecule has 1 amide bonds. The van der Waals surface area contributed by atoms with Gasteiger partial charge in [-0.1, -0.05) is 61.4 Å². The molecule has 3 aromatic rings. The summed E-state index contributed by atoms with van der Waals surface area (Å²) in [4.78, 5) is 13.0. The summed E-state index contributed by atoms with van der Waals surface area (Å²) in [5.74, 6) is -0.335. The van der Waals surface area contributed by atoms with E-state index in [1.165, 1.54) is 23.3 Å². The van der Waals surface area contributed by atoms with E-state index < -0.39 is 5.82 Å². The maximum Gasteiger partial charge on any atom is 0.256 e. The van der Waals surface area contributed by atoms with Crippen LogP contribution in [0.15, 0.2) is 84.6 Å². The van der Waals surface area contributed by atoms with Gasteiger partial charge in [0.1, 0.15) is 5.82 Å². The van der Waals surface area contributed by atoms with Gasteiger partial charge in [0, 0.05) is 22.5 Å². The number of benzene rings is 3. The minimum atomic E-state index is -0.474. The highest BCUT2D eigenvalue weighted by Crippen LogP contribution is 2.31. The molecule has 3 rings (SSSR count). The van der Waals surface area contributed by atoms with E-state index in [2.05, 4.69) is 49.8 Å². The van der Waals surface area contributed by atoms with E-state index in [1.807, 2.05) is 24.3 Å². The van der Waals surface area contributed by atoms with Crippen LogP contribution in [0.25, 0.3) is 5.70 Å². The average molecular weight is 518 g/mol. The summed E-state index contributed by atoms with van der Waals surface area (Å²) in [7, 11) is 0. The summed E-state index contributed by atoms with van der Waals surface area (Å²) in [5, 5.41) is 6.06. The number of nitrogens with one attached hydrogen (secondary N) is 2. The summed E-state index contributed by atoms with van der Waals surface area (Å²) in [6.45, 7) is 10.1. The van der Waals surface area contributed by atoms with Crippen molar-refractivity contribution in [1.82, 2.24) is 5.32 Å². The summed E-state index contributed by atoms with van der Waals surface area (Å²) in [5.41, 5.74) is 14.1. The summed E-state index contributed by atoms with van der Waals surface area (Å²) in [6, 6.07) is 17.2. The molecule has 4 N–H and O–H groups in total. The predicted molar refractivity (Wildman–Crippen MR) is 154 cm³/mol. The number of halogens is 2.